The van der Waals surface area contributed by atoms with Crippen molar-refractivity contribution in [3.63, 3.8) is 0 Å². The standard InChI is InChI=1S/C10H16N2S2/c1-2-5-13-7-4-12-8-10-9(11)3-6-14-10/h2-3,6,12H,1,4-5,7-8,11H2. The number of nitrogens with one attached hydrogen (secondary N) is 1. The molecule has 2 nitrogen and oxygen atoms in total. The van der Waals surface area contributed by atoms with Crippen molar-refractivity contribution in [1.82, 2.24) is 5.32 Å². The maximum absolute atomic E-state index is 5.75. The molecule has 3 N–H and O–H groups in total. The van der Waals surface area contributed by atoms with Gasteiger partial charge in [0.05, 0.1) is 0 Å². The van der Waals surface area contributed by atoms with E-state index in [9.17, 15) is 0 Å². The number of nitrogens with two attached hydrogens (primary N) is 1. The number of nitrogen functional groups attached to an aromatic ring is 1. The Morgan fingerprint density at radius 3 is 3.14 bits per heavy atom. The second kappa shape index (κ2) is 6.92. The number of hydrogen-bond donors (Lipinski definition) is 2. The Morgan fingerprint density at radius 2 is 2.50 bits per heavy atom. The molecule has 0 aliphatic carbocycles. The first-order valence-corrected chi connectivity index (χ1v) is 6.59. The highest BCUT2D eigenvalue weighted by atomic mass is 32.2. The number of rotatable bonds is 7. The lowest BCUT2D eigenvalue weighted by molar-refractivity contribution is 0.742. The lowest BCUT2D eigenvalue weighted by atomic mass is 10.4. The zero-order chi connectivity index (χ0) is 10.2. The minimum atomic E-state index is 0.887. The van der Waals surface area contributed by atoms with Crippen LogP contribution in [0, 0.1) is 0 Å². The van der Waals surface area contributed by atoms with Gasteiger partial charge in [0.1, 0.15) is 0 Å². The first-order chi connectivity index (χ1) is 6.84. The first kappa shape index (κ1) is 11.6. The van der Waals surface area contributed by atoms with Crippen molar-refractivity contribution in [2.75, 3.05) is 23.8 Å². The molecule has 0 aromatic carbocycles. The van der Waals surface area contributed by atoms with E-state index in [1.807, 2.05) is 29.3 Å². The summed E-state index contributed by atoms with van der Waals surface area (Å²) in [5.41, 5.74) is 6.66. The molecular formula is C10H16N2S2. The molecule has 0 atom stereocenters. The summed E-state index contributed by atoms with van der Waals surface area (Å²) in [7, 11) is 0. The monoisotopic (exact) mass is 228 g/mol. The SMILES string of the molecule is C=CCSCCNCc1sccc1N. The second-order valence-electron chi connectivity index (χ2n) is 2.84. The van der Waals surface area contributed by atoms with Crippen molar-refractivity contribution in [2.45, 2.75) is 6.54 Å². The van der Waals surface area contributed by atoms with Gasteiger partial charge in [-0.1, -0.05) is 6.08 Å². The van der Waals surface area contributed by atoms with Crippen LogP contribution in [0.15, 0.2) is 24.1 Å². The van der Waals surface area contributed by atoms with Gasteiger partial charge in [0.25, 0.3) is 0 Å². The minimum Gasteiger partial charge on any atom is -0.398 e. The first-order valence-electron chi connectivity index (χ1n) is 4.56. The quantitative estimate of drug-likeness (QED) is 0.556. The molecule has 0 bridgehead atoms. The van der Waals surface area contributed by atoms with Crippen LogP contribution >= 0.6 is 23.1 Å². The van der Waals surface area contributed by atoms with Gasteiger partial charge >= 0.3 is 0 Å². The molecule has 0 amide bonds. The molecule has 4 heteroatoms. The maximum Gasteiger partial charge on any atom is 0.0468 e. The van der Waals surface area contributed by atoms with Gasteiger partial charge in [-0.15, -0.1) is 17.9 Å². The molecule has 0 radical (unpaired) electrons. The van der Waals surface area contributed by atoms with Crippen molar-refractivity contribution >= 4 is 28.8 Å². The summed E-state index contributed by atoms with van der Waals surface area (Å²) < 4.78 is 0. The Bertz CT molecular complexity index is 271. The van der Waals surface area contributed by atoms with Crippen LogP contribution in [0.25, 0.3) is 0 Å². The summed E-state index contributed by atoms with van der Waals surface area (Å²) in [6.07, 6.45) is 1.93. The van der Waals surface area contributed by atoms with E-state index in [-0.39, 0.29) is 0 Å². The van der Waals surface area contributed by atoms with E-state index >= 15 is 0 Å². The van der Waals surface area contributed by atoms with Crippen molar-refractivity contribution in [3.05, 3.63) is 29.0 Å². The van der Waals surface area contributed by atoms with Crippen LogP contribution in [0.2, 0.25) is 0 Å². The topological polar surface area (TPSA) is 38.0 Å². The number of anilines is 1. The predicted molar refractivity (Wildman–Crippen MR) is 68.0 cm³/mol. The third-order valence-electron chi connectivity index (χ3n) is 1.72. The van der Waals surface area contributed by atoms with Gasteiger partial charge < -0.3 is 11.1 Å². The number of thioether (sulfide) groups is 1. The summed E-state index contributed by atoms with van der Waals surface area (Å²) in [5.74, 6) is 2.15. The molecule has 1 rings (SSSR count). The lowest BCUT2D eigenvalue weighted by Crippen LogP contribution is -2.16. The van der Waals surface area contributed by atoms with E-state index in [0.717, 1.165) is 30.3 Å². The van der Waals surface area contributed by atoms with Gasteiger partial charge in [-0.3, -0.25) is 0 Å². The van der Waals surface area contributed by atoms with Crippen molar-refractivity contribution < 1.29 is 0 Å². The molecule has 0 aliphatic rings. The smallest absolute Gasteiger partial charge is 0.0468 e. The molecule has 0 aliphatic heterocycles. The molecule has 0 spiro atoms. The van der Waals surface area contributed by atoms with E-state index in [4.69, 9.17) is 5.73 Å². The van der Waals surface area contributed by atoms with Gasteiger partial charge in [-0.2, -0.15) is 11.8 Å². The summed E-state index contributed by atoms with van der Waals surface area (Å²) >= 11 is 3.59. The van der Waals surface area contributed by atoms with Crippen LogP contribution in [-0.4, -0.2) is 18.1 Å². The normalized spacial score (nSPS) is 10.3. The molecule has 1 aromatic rings. The molecule has 0 fully saturated rings. The van der Waals surface area contributed by atoms with Gasteiger partial charge in [-0.25, -0.2) is 0 Å². The van der Waals surface area contributed by atoms with E-state index in [1.165, 1.54) is 4.88 Å². The van der Waals surface area contributed by atoms with Crippen LogP contribution in [0.1, 0.15) is 4.88 Å². The lowest BCUT2D eigenvalue weighted by Gasteiger charge is -2.02. The van der Waals surface area contributed by atoms with E-state index < -0.39 is 0 Å². The largest absolute Gasteiger partial charge is 0.398 e. The number of thiophene rings is 1. The highest BCUT2D eigenvalue weighted by Gasteiger charge is 1.98. The fourth-order valence-corrected chi connectivity index (χ4v) is 2.40. The summed E-state index contributed by atoms with van der Waals surface area (Å²) in [5, 5.41) is 5.39. The average molecular weight is 228 g/mol. The van der Waals surface area contributed by atoms with Crippen LogP contribution in [0.4, 0.5) is 5.69 Å². The third-order valence-corrected chi connectivity index (χ3v) is 3.63. The molecule has 1 heterocycles. The fourth-order valence-electron chi connectivity index (χ4n) is 1.01. The van der Waals surface area contributed by atoms with Crippen LogP contribution in [0.5, 0.6) is 0 Å². The van der Waals surface area contributed by atoms with Gasteiger partial charge in [-0.05, 0) is 11.4 Å². The van der Waals surface area contributed by atoms with Crippen molar-refractivity contribution in [3.8, 4) is 0 Å². The maximum atomic E-state index is 5.75. The Kier molecular flexibility index (Phi) is 5.75. The Labute approximate surface area is 93.6 Å². The molecule has 14 heavy (non-hydrogen) atoms. The highest BCUT2D eigenvalue weighted by molar-refractivity contribution is 7.99. The Morgan fingerprint density at radius 1 is 1.64 bits per heavy atom. The molecule has 0 saturated carbocycles. The van der Waals surface area contributed by atoms with Gasteiger partial charge in [0, 0.05) is 35.2 Å². The van der Waals surface area contributed by atoms with Crippen LogP contribution < -0.4 is 11.1 Å². The molecule has 0 unspecified atom stereocenters. The molecule has 0 saturated heterocycles. The van der Waals surface area contributed by atoms with E-state index in [1.54, 1.807) is 11.3 Å². The van der Waals surface area contributed by atoms with Gasteiger partial charge in [0.15, 0.2) is 0 Å². The van der Waals surface area contributed by atoms with Crippen molar-refractivity contribution in [1.29, 1.82) is 0 Å². The summed E-state index contributed by atoms with van der Waals surface area (Å²) in [6, 6.07) is 1.95. The minimum absolute atomic E-state index is 0.887. The zero-order valence-corrected chi connectivity index (χ0v) is 9.79. The van der Waals surface area contributed by atoms with Gasteiger partial charge in [0.2, 0.25) is 0 Å². The van der Waals surface area contributed by atoms with Crippen LogP contribution in [-0.2, 0) is 6.54 Å². The Hall–Kier alpha value is -0.450. The molecule has 1 aromatic heterocycles. The van der Waals surface area contributed by atoms with Crippen molar-refractivity contribution in [2.24, 2.45) is 0 Å². The summed E-state index contributed by atoms with van der Waals surface area (Å²) in [4.78, 5) is 1.23. The predicted octanol–water partition coefficient (Wildman–Crippen LogP) is 2.34. The fraction of sp³-hybridized carbons (Fsp3) is 0.400. The summed E-state index contributed by atoms with van der Waals surface area (Å²) in [6.45, 7) is 5.59. The molecular weight excluding hydrogens is 212 g/mol. The average Bonchev–Trinajstić information content (AvgIpc) is 2.58. The van der Waals surface area contributed by atoms with E-state index in [2.05, 4.69) is 11.9 Å². The van der Waals surface area contributed by atoms with E-state index in [0.29, 0.717) is 0 Å². The highest BCUT2D eigenvalue weighted by Crippen LogP contribution is 2.17. The zero-order valence-electron chi connectivity index (χ0n) is 8.16. The van der Waals surface area contributed by atoms with Crippen LogP contribution in [0.3, 0.4) is 0 Å². The Balaban J connectivity index is 2.04. The third kappa shape index (κ3) is 4.17. The second-order valence-corrected chi connectivity index (χ2v) is 4.99. The number of hydrogen-bond acceptors (Lipinski definition) is 4. The molecule has 78 valence electrons.